The van der Waals surface area contributed by atoms with Crippen molar-refractivity contribution < 1.29 is 17.9 Å². The average molecular weight is 362 g/mol. The molecule has 0 saturated heterocycles. The van der Waals surface area contributed by atoms with E-state index in [1.807, 2.05) is 43.3 Å². The third-order valence-electron chi connectivity index (χ3n) is 3.98. The Morgan fingerprint density at radius 1 is 1.00 bits per heavy atom. The Balaban J connectivity index is 1.62. The van der Waals surface area contributed by atoms with E-state index in [1.165, 1.54) is 12.1 Å². The van der Waals surface area contributed by atoms with Crippen molar-refractivity contribution in [3.63, 3.8) is 0 Å². The first-order valence-corrected chi connectivity index (χ1v) is 9.59. The standard InChI is InChI=1S/C18H22N2O4S/c1-20(2)15-5-3-14(4-6-15)9-10-19-25(21,22)16-7-8-17-18(13-16)24-12-11-23-17/h3-8,13,19H,9-12H2,1-2H3. The van der Waals surface area contributed by atoms with Gasteiger partial charge >= 0.3 is 0 Å². The summed E-state index contributed by atoms with van der Waals surface area (Å²) in [5.41, 5.74) is 2.19. The molecule has 0 fully saturated rings. The number of nitrogens with zero attached hydrogens (tertiary/aromatic N) is 1. The molecule has 1 aliphatic heterocycles. The second kappa shape index (κ2) is 7.33. The number of fused-ring (bicyclic) bond motifs is 1. The van der Waals surface area contributed by atoms with Gasteiger partial charge in [0.05, 0.1) is 4.90 Å². The van der Waals surface area contributed by atoms with E-state index in [0.29, 0.717) is 37.7 Å². The highest BCUT2D eigenvalue weighted by Crippen LogP contribution is 2.32. The molecular formula is C18H22N2O4S. The Morgan fingerprint density at radius 3 is 2.36 bits per heavy atom. The number of sulfonamides is 1. The van der Waals surface area contributed by atoms with Crippen LogP contribution in [0, 0.1) is 0 Å². The Labute approximate surface area is 148 Å². The molecule has 1 aliphatic rings. The topological polar surface area (TPSA) is 67.9 Å². The first kappa shape index (κ1) is 17.6. The maximum absolute atomic E-state index is 12.4. The summed E-state index contributed by atoms with van der Waals surface area (Å²) in [6, 6.07) is 12.7. The highest BCUT2D eigenvalue weighted by atomic mass is 32.2. The Bertz CT molecular complexity index is 833. The van der Waals surface area contributed by atoms with Crippen molar-refractivity contribution in [2.45, 2.75) is 11.3 Å². The van der Waals surface area contributed by atoms with Crippen LogP contribution in [0.3, 0.4) is 0 Å². The third-order valence-corrected chi connectivity index (χ3v) is 5.44. The van der Waals surface area contributed by atoms with Crippen LogP contribution in [0.4, 0.5) is 5.69 Å². The molecule has 0 aromatic heterocycles. The zero-order valence-corrected chi connectivity index (χ0v) is 15.2. The predicted molar refractivity (Wildman–Crippen MR) is 97.1 cm³/mol. The van der Waals surface area contributed by atoms with Gasteiger partial charge in [-0.15, -0.1) is 0 Å². The second-order valence-electron chi connectivity index (χ2n) is 6.01. The maximum Gasteiger partial charge on any atom is 0.240 e. The van der Waals surface area contributed by atoms with E-state index in [-0.39, 0.29) is 4.90 Å². The van der Waals surface area contributed by atoms with Gasteiger partial charge in [-0.2, -0.15) is 0 Å². The van der Waals surface area contributed by atoms with Crippen molar-refractivity contribution in [3.05, 3.63) is 48.0 Å². The summed E-state index contributed by atoms with van der Waals surface area (Å²) < 4.78 is 38.4. The van der Waals surface area contributed by atoms with Crippen molar-refractivity contribution in [3.8, 4) is 11.5 Å². The van der Waals surface area contributed by atoms with E-state index in [1.54, 1.807) is 6.07 Å². The minimum Gasteiger partial charge on any atom is -0.486 e. The van der Waals surface area contributed by atoms with Crippen LogP contribution < -0.4 is 19.1 Å². The van der Waals surface area contributed by atoms with Crippen LogP contribution in [-0.4, -0.2) is 42.3 Å². The normalized spacial score (nSPS) is 13.5. The minimum absolute atomic E-state index is 0.180. The van der Waals surface area contributed by atoms with Gasteiger partial charge in [-0.25, -0.2) is 13.1 Å². The monoisotopic (exact) mass is 362 g/mol. The van der Waals surface area contributed by atoms with Crippen molar-refractivity contribution in [1.29, 1.82) is 0 Å². The first-order valence-electron chi connectivity index (χ1n) is 8.11. The molecule has 2 aromatic carbocycles. The molecule has 1 heterocycles. The van der Waals surface area contributed by atoms with E-state index in [4.69, 9.17) is 9.47 Å². The number of ether oxygens (including phenoxy) is 2. The Hall–Kier alpha value is -2.25. The molecule has 0 unspecified atom stereocenters. The van der Waals surface area contributed by atoms with E-state index in [9.17, 15) is 8.42 Å². The van der Waals surface area contributed by atoms with E-state index in [2.05, 4.69) is 4.72 Å². The van der Waals surface area contributed by atoms with Gasteiger partial charge in [0.2, 0.25) is 10.0 Å². The smallest absolute Gasteiger partial charge is 0.240 e. The lowest BCUT2D eigenvalue weighted by Crippen LogP contribution is -2.26. The third kappa shape index (κ3) is 4.24. The number of rotatable bonds is 6. The summed E-state index contributed by atoms with van der Waals surface area (Å²) in [7, 11) is 0.386. The molecule has 2 aromatic rings. The number of hydrogen-bond donors (Lipinski definition) is 1. The molecule has 0 saturated carbocycles. The van der Waals surface area contributed by atoms with Crippen molar-refractivity contribution >= 4 is 15.7 Å². The van der Waals surface area contributed by atoms with E-state index < -0.39 is 10.0 Å². The van der Waals surface area contributed by atoms with Crippen molar-refractivity contribution in [2.24, 2.45) is 0 Å². The van der Waals surface area contributed by atoms with Crippen LogP contribution in [0.1, 0.15) is 5.56 Å². The van der Waals surface area contributed by atoms with E-state index >= 15 is 0 Å². The molecule has 134 valence electrons. The van der Waals surface area contributed by atoms with Crippen LogP contribution in [0.25, 0.3) is 0 Å². The molecule has 0 spiro atoms. The summed E-state index contributed by atoms with van der Waals surface area (Å²) in [5, 5.41) is 0. The van der Waals surface area contributed by atoms with Gasteiger partial charge in [-0.3, -0.25) is 0 Å². The SMILES string of the molecule is CN(C)c1ccc(CCNS(=O)(=O)c2ccc3c(c2)OCCO3)cc1. The van der Waals surface area contributed by atoms with Crippen molar-refractivity contribution in [1.82, 2.24) is 4.72 Å². The molecule has 1 N–H and O–H groups in total. The Morgan fingerprint density at radius 2 is 1.68 bits per heavy atom. The summed E-state index contributed by atoms with van der Waals surface area (Å²) in [6.07, 6.45) is 0.623. The molecule has 6 nitrogen and oxygen atoms in total. The summed E-state index contributed by atoms with van der Waals surface area (Å²) in [6.45, 7) is 1.23. The van der Waals surface area contributed by atoms with Gasteiger partial charge < -0.3 is 14.4 Å². The van der Waals surface area contributed by atoms with Gasteiger partial charge in [-0.05, 0) is 36.2 Å². The zero-order valence-electron chi connectivity index (χ0n) is 14.4. The number of benzene rings is 2. The van der Waals surface area contributed by atoms with Crippen LogP contribution in [0.15, 0.2) is 47.4 Å². The number of nitrogens with one attached hydrogen (secondary N) is 1. The second-order valence-corrected chi connectivity index (χ2v) is 7.78. The predicted octanol–water partition coefficient (Wildman–Crippen LogP) is 2.04. The Kier molecular flexibility index (Phi) is 5.15. The molecule has 0 aliphatic carbocycles. The first-order chi connectivity index (χ1) is 12.0. The lowest BCUT2D eigenvalue weighted by molar-refractivity contribution is 0.171. The molecular weight excluding hydrogens is 340 g/mol. The van der Waals surface area contributed by atoms with Crippen LogP contribution in [0.2, 0.25) is 0 Å². The van der Waals surface area contributed by atoms with Gasteiger partial charge in [0.1, 0.15) is 13.2 Å². The molecule has 25 heavy (non-hydrogen) atoms. The van der Waals surface area contributed by atoms with Gasteiger partial charge in [0.15, 0.2) is 11.5 Å². The lowest BCUT2D eigenvalue weighted by atomic mass is 10.1. The van der Waals surface area contributed by atoms with Crippen LogP contribution in [-0.2, 0) is 16.4 Å². The molecule has 3 rings (SSSR count). The minimum atomic E-state index is -3.58. The fraction of sp³-hybridized carbons (Fsp3) is 0.333. The van der Waals surface area contributed by atoms with E-state index in [0.717, 1.165) is 11.3 Å². The quantitative estimate of drug-likeness (QED) is 0.852. The highest BCUT2D eigenvalue weighted by molar-refractivity contribution is 7.89. The fourth-order valence-electron chi connectivity index (χ4n) is 2.56. The summed E-state index contributed by atoms with van der Waals surface area (Å²) in [4.78, 5) is 2.20. The highest BCUT2D eigenvalue weighted by Gasteiger charge is 2.18. The van der Waals surface area contributed by atoms with Gasteiger partial charge in [0.25, 0.3) is 0 Å². The largest absolute Gasteiger partial charge is 0.486 e. The molecule has 0 atom stereocenters. The van der Waals surface area contributed by atoms with Gasteiger partial charge in [-0.1, -0.05) is 12.1 Å². The summed E-state index contributed by atoms with van der Waals surface area (Å²) >= 11 is 0. The molecule has 0 bridgehead atoms. The summed E-state index contributed by atoms with van der Waals surface area (Å²) in [5.74, 6) is 1.04. The zero-order chi connectivity index (χ0) is 17.9. The molecule has 0 amide bonds. The maximum atomic E-state index is 12.4. The number of anilines is 1. The lowest BCUT2D eigenvalue weighted by Gasteiger charge is -2.19. The van der Waals surface area contributed by atoms with Crippen LogP contribution >= 0.6 is 0 Å². The van der Waals surface area contributed by atoms with Gasteiger partial charge in [0, 0.05) is 32.4 Å². The molecule has 0 radical (unpaired) electrons. The number of hydrogen-bond acceptors (Lipinski definition) is 5. The van der Waals surface area contributed by atoms with Crippen molar-refractivity contribution in [2.75, 3.05) is 38.8 Å². The average Bonchev–Trinajstić information content (AvgIpc) is 2.61. The fourth-order valence-corrected chi connectivity index (χ4v) is 3.61. The molecule has 7 heteroatoms. The van der Waals surface area contributed by atoms with Crippen LogP contribution in [0.5, 0.6) is 11.5 Å².